The van der Waals surface area contributed by atoms with Crippen molar-refractivity contribution in [3.05, 3.63) is 84.2 Å². The number of hydrogen-bond donors (Lipinski definition) is 1. The number of rotatable bonds is 5. The maximum atomic E-state index is 12.6. The second-order valence-corrected chi connectivity index (χ2v) is 9.12. The normalized spacial score (nSPS) is 11.6. The van der Waals surface area contributed by atoms with E-state index in [9.17, 15) is 8.42 Å². The van der Waals surface area contributed by atoms with Gasteiger partial charge in [-0.2, -0.15) is 9.61 Å². The van der Waals surface area contributed by atoms with Crippen molar-refractivity contribution >= 4 is 32.7 Å². The van der Waals surface area contributed by atoms with Crippen LogP contribution in [0, 0.1) is 0 Å². The predicted octanol–water partition coefficient (Wildman–Crippen LogP) is 4.32. The fraction of sp³-hybridized carbons (Fsp3) is 0. The first-order valence-corrected chi connectivity index (χ1v) is 11.4. The van der Waals surface area contributed by atoms with E-state index in [0.29, 0.717) is 22.9 Å². The third-order valence-electron chi connectivity index (χ3n) is 4.47. The smallest absolute Gasteiger partial charge is 0.261 e. The Morgan fingerprint density at radius 3 is 2.53 bits per heavy atom. The third kappa shape index (κ3) is 3.44. The molecule has 0 unspecified atom stereocenters. The van der Waals surface area contributed by atoms with Crippen LogP contribution in [0.1, 0.15) is 0 Å². The summed E-state index contributed by atoms with van der Waals surface area (Å²) in [5.74, 6) is 0.669. The lowest BCUT2D eigenvalue weighted by Crippen LogP contribution is -2.12. The Morgan fingerprint density at radius 1 is 0.867 bits per heavy atom. The highest BCUT2D eigenvalue weighted by Gasteiger charge is 2.15. The molecule has 2 aromatic carbocycles. The van der Waals surface area contributed by atoms with Crippen LogP contribution in [0.2, 0.25) is 0 Å². The van der Waals surface area contributed by atoms with E-state index in [0.717, 1.165) is 10.4 Å². The van der Waals surface area contributed by atoms with Crippen LogP contribution >= 0.6 is 11.3 Å². The maximum absolute atomic E-state index is 12.6. The van der Waals surface area contributed by atoms with E-state index in [1.807, 2.05) is 35.7 Å². The number of hydrogen-bond acceptors (Lipinski definition) is 6. The van der Waals surface area contributed by atoms with Crippen LogP contribution in [0.4, 0.5) is 5.69 Å². The molecule has 7 nitrogen and oxygen atoms in total. The fourth-order valence-corrected chi connectivity index (χ4v) is 4.82. The van der Waals surface area contributed by atoms with E-state index < -0.39 is 10.0 Å². The average molecular weight is 434 g/mol. The Bertz CT molecular complexity index is 1430. The van der Waals surface area contributed by atoms with Crippen molar-refractivity contribution in [3.63, 3.8) is 0 Å². The molecule has 0 atom stereocenters. The Kier molecular flexibility index (Phi) is 4.53. The zero-order valence-electron chi connectivity index (χ0n) is 15.5. The van der Waals surface area contributed by atoms with Gasteiger partial charge in [0.25, 0.3) is 10.0 Å². The van der Waals surface area contributed by atoms with Crippen LogP contribution in [-0.2, 0) is 10.0 Å². The van der Waals surface area contributed by atoms with Gasteiger partial charge in [0.05, 0.1) is 15.5 Å². The number of thiophene rings is 1. The first kappa shape index (κ1) is 18.5. The first-order valence-electron chi connectivity index (χ1n) is 9.05. The number of fused-ring (bicyclic) bond motifs is 1. The Morgan fingerprint density at radius 2 is 1.73 bits per heavy atom. The molecule has 0 radical (unpaired) electrons. The summed E-state index contributed by atoms with van der Waals surface area (Å²) in [6.45, 7) is 0. The van der Waals surface area contributed by atoms with E-state index in [-0.39, 0.29) is 4.90 Å². The van der Waals surface area contributed by atoms with Crippen LogP contribution in [-0.4, -0.2) is 28.2 Å². The van der Waals surface area contributed by atoms with Gasteiger partial charge in [0.15, 0.2) is 11.5 Å². The second kappa shape index (κ2) is 7.36. The first-order chi connectivity index (χ1) is 14.6. The molecular formula is C21H15N5O2S2. The number of benzene rings is 2. The molecule has 3 heterocycles. The van der Waals surface area contributed by atoms with Gasteiger partial charge in [-0.25, -0.2) is 8.42 Å². The molecule has 30 heavy (non-hydrogen) atoms. The highest BCUT2D eigenvalue weighted by atomic mass is 32.2. The lowest BCUT2D eigenvalue weighted by atomic mass is 10.1. The summed E-state index contributed by atoms with van der Waals surface area (Å²) in [6, 6.07) is 23.0. The number of anilines is 1. The summed E-state index contributed by atoms with van der Waals surface area (Å²) in [5.41, 5.74) is 2.56. The summed E-state index contributed by atoms with van der Waals surface area (Å²) in [5, 5.41) is 15.1. The molecule has 0 saturated heterocycles. The maximum Gasteiger partial charge on any atom is 0.261 e. The van der Waals surface area contributed by atoms with Gasteiger partial charge in [0.2, 0.25) is 0 Å². The molecular weight excluding hydrogens is 418 g/mol. The highest BCUT2D eigenvalue weighted by molar-refractivity contribution is 7.92. The van der Waals surface area contributed by atoms with Gasteiger partial charge < -0.3 is 0 Å². The Balaban J connectivity index is 1.51. The lowest BCUT2D eigenvalue weighted by molar-refractivity contribution is 0.601. The van der Waals surface area contributed by atoms with Gasteiger partial charge >= 0.3 is 0 Å². The predicted molar refractivity (Wildman–Crippen MR) is 117 cm³/mol. The Hall–Kier alpha value is -3.56. The molecule has 0 fully saturated rings. The molecule has 5 rings (SSSR count). The van der Waals surface area contributed by atoms with Gasteiger partial charge in [0.1, 0.15) is 0 Å². The van der Waals surface area contributed by atoms with Crippen molar-refractivity contribution in [3.8, 4) is 22.0 Å². The molecule has 0 bridgehead atoms. The van der Waals surface area contributed by atoms with E-state index in [4.69, 9.17) is 0 Å². The largest absolute Gasteiger partial charge is 0.280 e. The van der Waals surface area contributed by atoms with Crippen molar-refractivity contribution in [2.24, 2.45) is 0 Å². The number of nitrogens with zero attached hydrogens (tertiary/aromatic N) is 4. The molecule has 0 aliphatic carbocycles. The average Bonchev–Trinajstić information content (AvgIpc) is 3.43. The van der Waals surface area contributed by atoms with Crippen LogP contribution in [0.25, 0.3) is 27.6 Å². The minimum absolute atomic E-state index is 0.208. The Labute approximate surface area is 176 Å². The van der Waals surface area contributed by atoms with Crippen LogP contribution < -0.4 is 4.72 Å². The fourth-order valence-electron chi connectivity index (χ4n) is 3.06. The SMILES string of the molecule is O=S(=O)(Nc1cccc(-c2ccc3nnc(-c4cccs4)n3n2)c1)c1ccccc1. The zero-order chi connectivity index (χ0) is 20.6. The van der Waals surface area contributed by atoms with Crippen LogP contribution in [0.15, 0.2) is 89.1 Å². The van der Waals surface area contributed by atoms with E-state index in [2.05, 4.69) is 20.0 Å². The monoisotopic (exact) mass is 433 g/mol. The van der Waals surface area contributed by atoms with Gasteiger partial charge in [0, 0.05) is 11.3 Å². The number of aromatic nitrogens is 4. The van der Waals surface area contributed by atoms with Gasteiger partial charge in [-0.15, -0.1) is 21.5 Å². The lowest BCUT2D eigenvalue weighted by Gasteiger charge is -2.09. The summed E-state index contributed by atoms with van der Waals surface area (Å²) in [6.07, 6.45) is 0. The van der Waals surface area contributed by atoms with Crippen molar-refractivity contribution in [1.82, 2.24) is 19.8 Å². The minimum atomic E-state index is -3.67. The van der Waals surface area contributed by atoms with Gasteiger partial charge in [-0.3, -0.25) is 4.72 Å². The molecule has 0 spiro atoms. The number of sulfonamides is 1. The highest BCUT2D eigenvalue weighted by Crippen LogP contribution is 2.26. The molecule has 0 saturated carbocycles. The topological polar surface area (TPSA) is 89.2 Å². The van der Waals surface area contributed by atoms with E-state index in [1.54, 1.807) is 64.4 Å². The standard InChI is InChI=1S/C21H15N5O2S2/c27-30(28,17-8-2-1-3-9-17)25-16-7-4-6-15(14-16)18-11-12-20-22-23-21(26(20)24-18)19-10-5-13-29-19/h1-14,25H. The molecule has 0 aliphatic rings. The van der Waals surface area contributed by atoms with Crippen LogP contribution in [0.3, 0.4) is 0 Å². The zero-order valence-corrected chi connectivity index (χ0v) is 17.1. The summed E-state index contributed by atoms with van der Waals surface area (Å²) in [4.78, 5) is 1.18. The molecule has 148 valence electrons. The summed E-state index contributed by atoms with van der Waals surface area (Å²) >= 11 is 1.56. The molecule has 5 aromatic rings. The number of nitrogens with one attached hydrogen (secondary N) is 1. The van der Waals surface area contributed by atoms with Crippen molar-refractivity contribution in [1.29, 1.82) is 0 Å². The van der Waals surface area contributed by atoms with Crippen molar-refractivity contribution in [2.45, 2.75) is 4.90 Å². The summed E-state index contributed by atoms with van der Waals surface area (Å²) < 4.78 is 29.6. The minimum Gasteiger partial charge on any atom is -0.280 e. The van der Waals surface area contributed by atoms with Crippen molar-refractivity contribution < 1.29 is 8.42 Å². The second-order valence-electron chi connectivity index (χ2n) is 6.49. The van der Waals surface area contributed by atoms with Crippen molar-refractivity contribution in [2.75, 3.05) is 4.72 Å². The molecule has 9 heteroatoms. The van der Waals surface area contributed by atoms with Gasteiger partial charge in [-0.1, -0.05) is 36.4 Å². The molecule has 0 amide bonds. The molecule has 0 aliphatic heterocycles. The van der Waals surface area contributed by atoms with Crippen LogP contribution in [0.5, 0.6) is 0 Å². The van der Waals surface area contributed by atoms with E-state index >= 15 is 0 Å². The third-order valence-corrected chi connectivity index (χ3v) is 6.73. The summed E-state index contributed by atoms with van der Waals surface area (Å²) in [7, 11) is -3.67. The molecule has 3 aromatic heterocycles. The molecule has 1 N–H and O–H groups in total. The van der Waals surface area contributed by atoms with E-state index in [1.165, 1.54) is 0 Å². The van der Waals surface area contributed by atoms with Gasteiger partial charge in [-0.05, 0) is 47.8 Å². The quantitative estimate of drug-likeness (QED) is 0.446.